The maximum absolute atomic E-state index is 6.87. The number of nitrogens with zero attached hydrogens (tertiary/aromatic N) is 1. The molecular weight excluding hydrogens is 566 g/mol. The fourth-order valence-corrected chi connectivity index (χ4v) is 6.64. The Morgan fingerprint density at radius 1 is 0.658 bits per heavy atom. The minimum absolute atomic E-state index is 0.158. The molecule has 0 N–H and O–H groups in total. The Morgan fingerprint density at radius 2 is 1.08 bits per heavy atom. The molecule has 3 nitrogen and oxygen atoms in total. The van der Waals surface area contributed by atoms with Gasteiger partial charge in [0.15, 0.2) is 16.6 Å². The third kappa shape index (κ3) is 6.41. The Labute approximate surface area is 242 Å². The molecule has 0 aliphatic heterocycles. The maximum atomic E-state index is 6.87. The van der Waals surface area contributed by atoms with Crippen molar-refractivity contribution in [2.75, 3.05) is 18.0 Å². The molecule has 0 aromatic heterocycles. The monoisotopic (exact) mass is 615 g/mol. The number of halogens is 1. The minimum atomic E-state index is -1.94. The van der Waals surface area contributed by atoms with Gasteiger partial charge in [0, 0.05) is 23.2 Å². The van der Waals surface area contributed by atoms with Gasteiger partial charge in [-0.3, -0.25) is 0 Å². The molecule has 0 atom stereocenters. The van der Waals surface area contributed by atoms with E-state index in [1.807, 2.05) is 0 Å². The Bertz CT molecular complexity index is 1280. The lowest BCUT2D eigenvalue weighted by atomic mass is 9.92. The normalized spacial score (nSPS) is 13.5. The van der Waals surface area contributed by atoms with Crippen LogP contribution in [-0.2, 0) is 22.1 Å². The van der Waals surface area contributed by atoms with Gasteiger partial charge in [0.25, 0.3) is 0 Å². The van der Waals surface area contributed by atoms with Crippen LogP contribution in [0.4, 0.5) is 5.69 Å². The fraction of sp³-hybridized carbons (Fsp3) is 0.562. The molecule has 0 aliphatic carbocycles. The summed E-state index contributed by atoms with van der Waals surface area (Å²) in [6.07, 6.45) is 0. The molecule has 0 fully saturated rings. The third-order valence-corrected chi connectivity index (χ3v) is 18.6. The highest BCUT2D eigenvalue weighted by Crippen LogP contribution is 2.42. The van der Waals surface area contributed by atoms with E-state index in [2.05, 4.69) is 139 Å². The second kappa shape index (κ2) is 11.4. The van der Waals surface area contributed by atoms with Crippen LogP contribution in [-0.4, -0.2) is 29.7 Å². The molecule has 0 aliphatic rings. The van der Waals surface area contributed by atoms with Crippen LogP contribution in [0.15, 0.2) is 40.9 Å². The quantitative estimate of drug-likeness (QED) is 0.176. The average Bonchev–Trinajstić information content (AvgIpc) is 2.80. The standard InChI is InChI=1S/C32H50BrNO2Si2/c1-13-34(14-2)24-16-18-26-28(20-24)30(22-36-38(11,12)32(6,7)8)25-17-15-23(33)19-27(25)29(26)21-35-37(9,10)31(3,4)5/h15-20H,13-14,21-22H2,1-12H3. The van der Waals surface area contributed by atoms with E-state index >= 15 is 0 Å². The molecule has 0 spiro atoms. The third-order valence-electron chi connectivity index (χ3n) is 9.18. The van der Waals surface area contributed by atoms with Gasteiger partial charge in [-0.1, -0.05) is 69.6 Å². The molecule has 0 amide bonds. The largest absolute Gasteiger partial charge is 0.413 e. The van der Waals surface area contributed by atoms with Crippen LogP contribution in [0.2, 0.25) is 36.3 Å². The first-order valence-electron chi connectivity index (χ1n) is 14.1. The highest BCUT2D eigenvalue weighted by atomic mass is 79.9. The molecule has 0 saturated carbocycles. The van der Waals surface area contributed by atoms with Gasteiger partial charge in [-0.05, 0) is 107 Å². The zero-order chi connectivity index (χ0) is 28.7. The molecule has 6 heteroatoms. The van der Waals surface area contributed by atoms with Crippen molar-refractivity contribution in [1.82, 2.24) is 0 Å². The highest BCUT2D eigenvalue weighted by Gasteiger charge is 2.38. The Kier molecular flexibility index (Phi) is 9.37. The molecule has 0 bridgehead atoms. The molecule has 3 rings (SSSR count). The van der Waals surface area contributed by atoms with Crippen LogP contribution in [0, 0.1) is 0 Å². The fourth-order valence-electron chi connectivity index (χ4n) is 4.40. The first-order valence-corrected chi connectivity index (χ1v) is 20.7. The SMILES string of the molecule is CCN(CC)c1ccc2c(CO[Si](C)(C)C(C)(C)C)c3cc(Br)ccc3c(CO[Si](C)(C)C(C)(C)C)c2c1. The van der Waals surface area contributed by atoms with Crippen molar-refractivity contribution in [3.05, 3.63) is 52.0 Å². The van der Waals surface area contributed by atoms with Crippen molar-refractivity contribution >= 4 is 59.8 Å². The summed E-state index contributed by atoms with van der Waals surface area (Å²) in [5.41, 5.74) is 3.84. The predicted molar refractivity (Wildman–Crippen MR) is 177 cm³/mol. The molecule has 0 radical (unpaired) electrons. The molecule has 0 saturated heterocycles. The summed E-state index contributed by atoms with van der Waals surface area (Å²) in [5.74, 6) is 0. The Morgan fingerprint density at radius 3 is 1.50 bits per heavy atom. The van der Waals surface area contributed by atoms with Gasteiger partial charge in [-0.25, -0.2) is 0 Å². The van der Waals surface area contributed by atoms with Crippen LogP contribution >= 0.6 is 15.9 Å². The van der Waals surface area contributed by atoms with E-state index in [-0.39, 0.29) is 10.1 Å². The van der Waals surface area contributed by atoms with Crippen molar-refractivity contribution in [1.29, 1.82) is 0 Å². The Balaban J connectivity index is 2.30. The summed E-state index contributed by atoms with van der Waals surface area (Å²) in [7, 11) is -3.87. The number of rotatable bonds is 9. The minimum Gasteiger partial charge on any atom is -0.413 e. The van der Waals surface area contributed by atoms with E-state index < -0.39 is 16.6 Å². The molecule has 0 unspecified atom stereocenters. The molecule has 3 aromatic carbocycles. The molecular formula is C32H50BrNO2Si2. The zero-order valence-electron chi connectivity index (χ0n) is 25.9. The van der Waals surface area contributed by atoms with Crippen LogP contribution in [0.3, 0.4) is 0 Å². The lowest BCUT2D eigenvalue weighted by Gasteiger charge is -2.37. The van der Waals surface area contributed by atoms with Gasteiger partial charge in [-0.15, -0.1) is 0 Å². The van der Waals surface area contributed by atoms with Gasteiger partial charge in [0.05, 0.1) is 13.2 Å². The van der Waals surface area contributed by atoms with E-state index in [0.29, 0.717) is 13.2 Å². The van der Waals surface area contributed by atoms with Crippen LogP contribution in [0.5, 0.6) is 0 Å². The van der Waals surface area contributed by atoms with Gasteiger partial charge in [0.1, 0.15) is 0 Å². The number of hydrogen-bond acceptors (Lipinski definition) is 3. The summed E-state index contributed by atoms with van der Waals surface area (Å²) < 4.78 is 14.8. The van der Waals surface area contributed by atoms with Gasteiger partial charge >= 0.3 is 0 Å². The van der Waals surface area contributed by atoms with E-state index in [1.165, 1.54) is 38.4 Å². The van der Waals surface area contributed by atoms with Crippen molar-refractivity contribution < 1.29 is 8.85 Å². The van der Waals surface area contributed by atoms with E-state index in [1.54, 1.807) is 0 Å². The van der Waals surface area contributed by atoms with Crippen molar-refractivity contribution in [2.24, 2.45) is 0 Å². The molecule has 38 heavy (non-hydrogen) atoms. The summed E-state index contributed by atoms with van der Waals surface area (Å²) in [6.45, 7) is 30.9. The van der Waals surface area contributed by atoms with E-state index in [9.17, 15) is 0 Å². The van der Waals surface area contributed by atoms with E-state index in [4.69, 9.17) is 8.85 Å². The average molecular weight is 617 g/mol. The van der Waals surface area contributed by atoms with Crippen molar-refractivity contribution in [3.63, 3.8) is 0 Å². The lowest BCUT2D eigenvalue weighted by Crippen LogP contribution is -2.40. The predicted octanol–water partition coefficient (Wildman–Crippen LogP) is 10.6. The number of fused-ring (bicyclic) bond motifs is 2. The Hall–Kier alpha value is -1.19. The maximum Gasteiger partial charge on any atom is 0.192 e. The first kappa shape index (κ1) is 31.3. The molecule has 3 aromatic rings. The van der Waals surface area contributed by atoms with Gasteiger partial charge in [0.2, 0.25) is 0 Å². The van der Waals surface area contributed by atoms with Crippen LogP contribution in [0.25, 0.3) is 21.5 Å². The first-order chi connectivity index (χ1) is 17.4. The second-order valence-electron chi connectivity index (χ2n) is 13.6. The molecule has 210 valence electrons. The summed E-state index contributed by atoms with van der Waals surface area (Å²) >= 11 is 3.76. The van der Waals surface area contributed by atoms with Gasteiger partial charge < -0.3 is 13.8 Å². The smallest absolute Gasteiger partial charge is 0.192 e. The topological polar surface area (TPSA) is 21.7 Å². The van der Waals surface area contributed by atoms with Crippen molar-refractivity contribution in [2.45, 2.75) is 105 Å². The van der Waals surface area contributed by atoms with Crippen LogP contribution < -0.4 is 4.90 Å². The number of anilines is 1. The molecule has 0 heterocycles. The van der Waals surface area contributed by atoms with Crippen LogP contribution in [0.1, 0.15) is 66.5 Å². The summed E-state index contributed by atoms with van der Waals surface area (Å²) in [6, 6.07) is 13.7. The zero-order valence-corrected chi connectivity index (χ0v) is 29.5. The van der Waals surface area contributed by atoms with Gasteiger partial charge in [-0.2, -0.15) is 0 Å². The summed E-state index contributed by atoms with van der Waals surface area (Å²) in [5, 5.41) is 5.41. The second-order valence-corrected chi connectivity index (χ2v) is 24.2. The van der Waals surface area contributed by atoms with Crippen molar-refractivity contribution in [3.8, 4) is 0 Å². The lowest BCUT2D eigenvalue weighted by molar-refractivity contribution is 0.277. The van der Waals surface area contributed by atoms with E-state index in [0.717, 1.165) is 17.6 Å². The highest BCUT2D eigenvalue weighted by molar-refractivity contribution is 9.10. The number of hydrogen-bond donors (Lipinski definition) is 0. The summed E-state index contributed by atoms with van der Waals surface area (Å²) in [4.78, 5) is 2.43. The number of benzene rings is 3.